The average molecular weight is 657 g/mol. The third-order valence-electron chi connectivity index (χ3n) is 8.35. The summed E-state index contributed by atoms with van der Waals surface area (Å²) in [5.41, 5.74) is -8.30. The van der Waals surface area contributed by atoms with Gasteiger partial charge in [0.1, 0.15) is 4.75 Å². The van der Waals surface area contributed by atoms with Crippen molar-refractivity contribution in [3.8, 4) is 0 Å². The number of likely N-dealkylation sites (tertiary alicyclic amines) is 1. The van der Waals surface area contributed by atoms with Gasteiger partial charge in [0.2, 0.25) is 5.91 Å². The van der Waals surface area contributed by atoms with E-state index in [4.69, 9.17) is 5.11 Å². The molecule has 0 aromatic heterocycles. The standard InChI is InChI=1S/C28H28F8N2O5S/c29-13-11-17(5-4-8-23(39)40)24(41)38-14-12-25(44(42,43)19-6-2-1-3-7-19)20-10-9-18(15-21(20)37-16-22(25)38)26(30,27(31,32)33)28(34,35)36/h1-3,6-7,9-10,15,17,22,37H,4-5,8,11-14,16H2,(H,39,40)/t17-,22?,25?/m0/s1. The van der Waals surface area contributed by atoms with E-state index in [1.807, 2.05) is 0 Å². The molecule has 2 aromatic carbocycles. The van der Waals surface area contributed by atoms with Crippen LogP contribution in [0.2, 0.25) is 0 Å². The van der Waals surface area contributed by atoms with Crippen molar-refractivity contribution in [2.45, 2.75) is 65.8 Å². The normalized spacial score (nSPS) is 21.3. The Kier molecular flexibility index (Phi) is 8.99. The van der Waals surface area contributed by atoms with Crippen LogP contribution in [0, 0.1) is 5.92 Å². The molecule has 2 heterocycles. The van der Waals surface area contributed by atoms with Gasteiger partial charge >= 0.3 is 24.0 Å². The van der Waals surface area contributed by atoms with Gasteiger partial charge in [-0.25, -0.2) is 12.8 Å². The van der Waals surface area contributed by atoms with E-state index in [0.717, 1.165) is 0 Å². The lowest BCUT2D eigenvalue weighted by Gasteiger charge is -2.44. The molecule has 4 rings (SSSR count). The van der Waals surface area contributed by atoms with Crippen molar-refractivity contribution in [2.75, 3.05) is 25.1 Å². The molecule has 16 heteroatoms. The first kappa shape index (κ1) is 33.5. The SMILES string of the molecule is O=C(O)CCC[C@@H](CCF)C(=O)N1CCC2(S(=O)(=O)c3ccccc3)c3ccc(C(F)(C(F)(F)F)C(F)(F)F)cc3NCC12. The topological polar surface area (TPSA) is 104 Å². The van der Waals surface area contributed by atoms with Gasteiger partial charge in [0.25, 0.3) is 0 Å². The maximum absolute atomic E-state index is 14.9. The van der Waals surface area contributed by atoms with Crippen molar-refractivity contribution in [1.29, 1.82) is 0 Å². The quantitative estimate of drug-likeness (QED) is 0.309. The molecular formula is C28H28F8N2O5S. The molecule has 1 amide bonds. The number of carboxylic acids is 1. The molecule has 2 aliphatic rings. The molecule has 7 nitrogen and oxygen atoms in total. The summed E-state index contributed by atoms with van der Waals surface area (Å²) in [4.78, 5) is 25.6. The van der Waals surface area contributed by atoms with Gasteiger partial charge in [0, 0.05) is 36.7 Å². The van der Waals surface area contributed by atoms with E-state index >= 15 is 0 Å². The minimum absolute atomic E-state index is 0.0163. The van der Waals surface area contributed by atoms with Gasteiger partial charge in [-0.05, 0) is 49.4 Å². The summed E-state index contributed by atoms with van der Waals surface area (Å²) >= 11 is 0. The van der Waals surface area contributed by atoms with Gasteiger partial charge in [0.15, 0.2) is 9.84 Å². The number of alkyl halides is 8. The minimum atomic E-state index is -6.40. The Morgan fingerprint density at radius 2 is 1.64 bits per heavy atom. The van der Waals surface area contributed by atoms with Crippen LogP contribution >= 0.6 is 0 Å². The van der Waals surface area contributed by atoms with Crippen LogP contribution in [0.1, 0.15) is 43.2 Å². The molecule has 242 valence electrons. The second kappa shape index (κ2) is 11.8. The third kappa shape index (κ3) is 5.38. The Balaban J connectivity index is 1.86. The molecular weight excluding hydrogens is 628 g/mol. The zero-order valence-electron chi connectivity index (χ0n) is 22.9. The minimum Gasteiger partial charge on any atom is -0.481 e. The van der Waals surface area contributed by atoms with E-state index in [-0.39, 0.29) is 61.2 Å². The molecule has 3 atom stereocenters. The second-order valence-corrected chi connectivity index (χ2v) is 13.0. The molecule has 2 aliphatic heterocycles. The number of carbonyl (C=O) groups excluding carboxylic acids is 1. The molecule has 1 fully saturated rings. The number of aliphatic carboxylic acids is 1. The molecule has 0 radical (unpaired) electrons. The highest BCUT2D eigenvalue weighted by molar-refractivity contribution is 7.92. The highest BCUT2D eigenvalue weighted by atomic mass is 32.2. The molecule has 0 saturated carbocycles. The fraction of sp³-hybridized carbons (Fsp3) is 0.500. The van der Waals surface area contributed by atoms with Gasteiger partial charge in [-0.2, -0.15) is 26.3 Å². The number of nitrogens with one attached hydrogen (secondary N) is 1. The molecule has 0 aliphatic carbocycles. The van der Waals surface area contributed by atoms with Crippen LogP contribution in [0.4, 0.5) is 40.8 Å². The Labute approximate surface area is 247 Å². The zero-order chi connectivity index (χ0) is 32.7. The van der Waals surface area contributed by atoms with Crippen molar-refractivity contribution in [2.24, 2.45) is 5.92 Å². The van der Waals surface area contributed by atoms with E-state index in [2.05, 4.69) is 5.32 Å². The molecule has 1 saturated heterocycles. The Morgan fingerprint density at radius 3 is 2.20 bits per heavy atom. The lowest BCUT2D eigenvalue weighted by atomic mass is 9.83. The van der Waals surface area contributed by atoms with Gasteiger partial charge in [-0.1, -0.05) is 30.3 Å². The number of hydrogen-bond acceptors (Lipinski definition) is 5. The van der Waals surface area contributed by atoms with Crippen LogP contribution in [-0.4, -0.2) is 68.5 Å². The number of sulfone groups is 1. The number of rotatable bonds is 10. The number of benzene rings is 2. The lowest BCUT2D eigenvalue weighted by Crippen LogP contribution is -2.56. The van der Waals surface area contributed by atoms with Gasteiger partial charge < -0.3 is 15.3 Å². The van der Waals surface area contributed by atoms with E-state index in [1.165, 1.54) is 35.2 Å². The smallest absolute Gasteiger partial charge is 0.435 e. The summed E-state index contributed by atoms with van der Waals surface area (Å²) in [6.07, 6.45) is -13.7. The molecule has 0 bridgehead atoms. The number of anilines is 1. The monoisotopic (exact) mass is 656 g/mol. The van der Waals surface area contributed by atoms with Crippen LogP contribution in [0.3, 0.4) is 0 Å². The van der Waals surface area contributed by atoms with Crippen LogP contribution in [0.15, 0.2) is 53.4 Å². The second-order valence-electron chi connectivity index (χ2n) is 10.8. The number of amides is 1. The highest BCUT2D eigenvalue weighted by Crippen LogP contribution is 2.57. The number of fused-ring (bicyclic) bond motifs is 3. The number of nitrogens with zero attached hydrogens (tertiary/aromatic N) is 1. The van der Waals surface area contributed by atoms with E-state index in [9.17, 15) is 53.1 Å². The predicted octanol–water partition coefficient (Wildman–Crippen LogP) is 5.90. The number of hydrogen-bond donors (Lipinski definition) is 2. The Bertz CT molecular complexity index is 1490. The summed E-state index contributed by atoms with van der Waals surface area (Å²) in [7, 11) is -4.54. The largest absolute Gasteiger partial charge is 0.481 e. The van der Waals surface area contributed by atoms with E-state index in [1.54, 1.807) is 0 Å². The van der Waals surface area contributed by atoms with Crippen LogP contribution in [-0.2, 0) is 29.8 Å². The van der Waals surface area contributed by atoms with Crippen LogP contribution < -0.4 is 5.32 Å². The number of carbonyl (C=O) groups is 2. The van der Waals surface area contributed by atoms with Crippen molar-refractivity contribution in [1.82, 2.24) is 4.90 Å². The van der Waals surface area contributed by atoms with Gasteiger partial charge in [-0.15, -0.1) is 0 Å². The maximum atomic E-state index is 14.9. The average Bonchev–Trinajstić information content (AvgIpc) is 3.36. The number of halogens is 8. The molecule has 2 unspecified atom stereocenters. The third-order valence-corrected chi connectivity index (χ3v) is 10.9. The fourth-order valence-corrected chi connectivity index (χ4v) is 8.54. The van der Waals surface area contributed by atoms with Crippen LogP contribution in [0.25, 0.3) is 0 Å². The van der Waals surface area contributed by atoms with Gasteiger partial charge in [0.05, 0.1) is 17.6 Å². The van der Waals surface area contributed by atoms with Crippen molar-refractivity contribution in [3.63, 3.8) is 0 Å². The first-order valence-corrected chi connectivity index (χ1v) is 15.0. The molecule has 2 aromatic rings. The molecule has 0 spiro atoms. The maximum Gasteiger partial charge on any atom is 0.435 e. The predicted molar refractivity (Wildman–Crippen MR) is 141 cm³/mol. The van der Waals surface area contributed by atoms with Gasteiger partial charge in [-0.3, -0.25) is 14.0 Å². The van der Waals surface area contributed by atoms with Crippen molar-refractivity contribution in [3.05, 3.63) is 59.7 Å². The fourth-order valence-electron chi connectivity index (χ4n) is 6.21. The summed E-state index contributed by atoms with van der Waals surface area (Å²) in [5, 5.41) is 11.6. The Morgan fingerprint density at radius 1 is 1.00 bits per heavy atom. The Hall–Kier alpha value is -3.43. The summed E-state index contributed by atoms with van der Waals surface area (Å²) in [5.74, 6) is -2.81. The lowest BCUT2D eigenvalue weighted by molar-refractivity contribution is -0.348. The number of carboxylic acid groups (broad SMARTS) is 1. The van der Waals surface area contributed by atoms with E-state index < -0.39 is 80.9 Å². The van der Waals surface area contributed by atoms with E-state index in [0.29, 0.717) is 6.07 Å². The summed E-state index contributed by atoms with van der Waals surface area (Å²) < 4.78 is 136. The zero-order valence-corrected chi connectivity index (χ0v) is 23.7. The highest BCUT2D eigenvalue weighted by Gasteiger charge is 2.74. The van der Waals surface area contributed by atoms with Crippen molar-refractivity contribution < 1.29 is 58.2 Å². The first-order chi connectivity index (χ1) is 20.4. The molecule has 2 N–H and O–H groups in total. The van der Waals surface area contributed by atoms with Crippen LogP contribution in [0.5, 0.6) is 0 Å². The first-order valence-electron chi connectivity index (χ1n) is 13.5. The molecule has 44 heavy (non-hydrogen) atoms. The summed E-state index contributed by atoms with van der Waals surface area (Å²) in [6, 6.07) is 6.83. The summed E-state index contributed by atoms with van der Waals surface area (Å²) in [6.45, 7) is -1.61. The van der Waals surface area contributed by atoms with Crippen molar-refractivity contribution >= 4 is 27.4 Å².